The second-order valence-electron chi connectivity index (χ2n) is 6.34. The maximum absolute atomic E-state index is 11.7. The number of aryl methyl sites for hydroxylation is 1. The van der Waals surface area contributed by atoms with Crippen molar-refractivity contribution in [2.24, 2.45) is 10.7 Å². The lowest BCUT2D eigenvalue weighted by Gasteiger charge is -2.13. The van der Waals surface area contributed by atoms with Gasteiger partial charge < -0.3 is 10.3 Å². The molecule has 5 nitrogen and oxygen atoms in total. The summed E-state index contributed by atoms with van der Waals surface area (Å²) < 4.78 is 5.55. The van der Waals surface area contributed by atoms with E-state index in [1.165, 1.54) is 0 Å². The van der Waals surface area contributed by atoms with E-state index >= 15 is 0 Å². The fourth-order valence-corrected chi connectivity index (χ4v) is 3.74. The molecule has 3 aromatic rings. The first kappa shape index (κ1) is 17.8. The van der Waals surface area contributed by atoms with E-state index in [-0.39, 0.29) is 6.42 Å². The van der Waals surface area contributed by atoms with Gasteiger partial charge in [0, 0.05) is 16.1 Å². The van der Waals surface area contributed by atoms with Crippen LogP contribution in [0.5, 0.6) is 0 Å². The maximum atomic E-state index is 11.7. The number of nitrogens with zero attached hydrogens (tertiary/aromatic N) is 2. The number of primary amides is 1. The van der Waals surface area contributed by atoms with Gasteiger partial charge in [-0.25, -0.2) is 0 Å². The van der Waals surface area contributed by atoms with Gasteiger partial charge in [-0.3, -0.25) is 9.79 Å². The minimum Gasteiger partial charge on any atom is -0.370 e. The Kier molecular flexibility index (Phi) is 4.50. The van der Waals surface area contributed by atoms with Gasteiger partial charge in [0.2, 0.25) is 5.91 Å². The molecule has 1 aliphatic heterocycles. The SMILES string of the molecule is Cc1noc2c1-c1cccc(Cl)c1C(c1ccc(Cl)cc1)=N[C@H]2CC(N)=O. The monoisotopic (exact) mass is 399 g/mol. The highest BCUT2D eigenvalue weighted by Crippen LogP contribution is 2.42. The minimum atomic E-state index is -0.590. The number of aliphatic imine (C=N–C) groups is 1. The summed E-state index contributed by atoms with van der Waals surface area (Å²) in [6, 6.07) is 12.3. The molecule has 0 saturated carbocycles. The molecular weight excluding hydrogens is 385 g/mol. The van der Waals surface area contributed by atoms with Crippen molar-refractivity contribution in [1.82, 2.24) is 5.16 Å². The molecule has 7 heteroatoms. The van der Waals surface area contributed by atoms with E-state index in [0.29, 0.717) is 27.2 Å². The molecule has 0 aliphatic carbocycles. The number of nitrogens with two attached hydrogens (primary N) is 1. The lowest BCUT2D eigenvalue weighted by Crippen LogP contribution is -2.15. The molecule has 1 aromatic heterocycles. The van der Waals surface area contributed by atoms with Gasteiger partial charge in [-0.2, -0.15) is 0 Å². The van der Waals surface area contributed by atoms with Crippen molar-refractivity contribution in [3.63, 3.8) is 0 Å². The number of halogens is 2. The van der Waals surface area contributed by atoms with Gasteiger partial charge in [-0.05, 0) is 30.7 Å². The van der Waals surface area contributed by atoms with Crippen LogP contribution in [0, 0.1) is 6.92 Å². The van der Waals surface area contributed by atoms with Crippen molar-refractivity contribution >= 4 is 34.8 Å². The second-order valence-corrected chi connectivity index (χ2v) is 7.18. The van der Waals surface area contributed by atoms with Crippen LogP contribution in [0.2, 0.25) is 10.0 Å². The number of fused-ring (bicyclic) bond motifs is 3. The van der Waals surface area contributed by atoms with Crippen molar-refractivity contribution in [2.75, 3.05) is 0 Å². The van der Waals surface area contributed by atoms with Crippen LogP contribution in [-0.2, 0) is 4.79 Å². The van der Waals surface area contributed by atoms with Crippen LogP contribution in [0.25, 0.3) is 11.1 Å². The number of hydrogen-bond acceptors (Lipinski definition) is 4. The lowest BCUT2D eigenvalue weighted by atomic mass is 9.93. The molecule has 2 heterocycles. The van der Waals surface area contributed by atoms with Gasteiger partial charge in [0.15, 0.2) is 5.76 Å². The first-order valence-electron chi connectivity index (χ1n) is 8.33. The summed E-state index contributed by atoms with van der Waals surface area (Å²) in [6.45, 7) is 1.85. The van der Waals surface area contributed by atoms with Gasteiger partial charge in [-0.1, -0.05) is 52.6 Å². The first-order valence-corrected chi connectivity index (χ1v) is 9.08. The Morgan fingerprint density at radius 1 is 1.15 bits per heavy atom. The highest BCUT2D eigenvalue weighted by Gasteiger charge is 2.32. The standard InChI is InChI=1S/C20H15Cl2N3O2/c1-10-17-13-3-2-4-14(22)18(13)19(11-5-7-12(21)8-6-11)24-15(9-16(23)26)20(17)27-25-10/h2-8,15H,9H2,1H3,(H2,23,26)/t15-/m0/s1. The highest BCUT2D eigenvalue weighted by molar-refractivity contribution is 6.37. The van der Waals surface area contributed by atoms with Gasteiger partial charge >= 0.3 is 0 Å². The molecule has 4 rings (SSSR count). The molecule has 2 N–H and O–H groups in total. The zero-order chi connectivity index (χ0) is 19.1. The molecule has 0 bridgehead atoms. The van der Waals surface area contributed by atoms with E-state index in [0.717, 1.165) is 22.3 Å². The van der Waals surface area contributed by atoms with E-state index in [2.05, 4.69) is 5.16 Å². The van der Waals surface area contributed by atoms with Crippen LogP contribution < -0.4 is 5.73 Å². The Hall–Kier alpha value is -2.63. The predicted molar refractivity (Wildman–Crippen MR) is 105 cm³/mol. The third-order valence-electron chi connectivity index (χ3n) is 4.51. The van der Waals surface area contributed by atoms with Gasteiger partial charge in [0.25, 0.3) is 0 Å². The number of aromatic nitrogens is 1. The number of carbonyl (C=O) groups excluding carboxylic acids is 1. The molecule has 136 valence electrons. The third-order valence-corrected chi connectivity index (χ3v) is 5.08. The largest absolute Gasteiger partial charge is 0.370 e. The molecule has 1 atom stereocenters. The molecule has 0 fully saturated rings. The molecule has 1 aliphatic rings. The molecule has 0 radical (unpaired) electrons. The summed E-state index contributed by atoms with van der Waals surface area (Å²) in [5, 5.41) is 5.25. The van der Waals surface area contributed by atoms with Crippen molar-refractivity contribution in [3.8, 4) is 11.1 Å². The number of benzene rings is 2. The summed E-state index contributed by atoms with van der Waals surface area (Å²) in [7, 11) is 0. The van der Waals surface area contributed by atoms with E-state index in [1.807, 2.05) is 37.3 Å². The average Bonchev–Trinajstić information content (AvgIpc) is 2.94. The topological polar surface area (TPSA) is 81.5 Å². The fraction of sp³-hybridized carbons (Fsp3) is 0.150. The molecule has 2 aromatic carbocycles. The van der Waals surface area contributed by atoms with Crippen LogP contribution in [0.15, 0.2) is 52.0 Å². The zero-order valence-electron chi connectivity index (χ0n) is 14.4. The lowest BCUT2D eigenvalue weighted by molar-refractivity contribution is -0.118. The first-order chi connectivity index (χ1) is 13.0. The van der Waals surface area contributed by atoms with Crippen LogP contribution in [0.4, 0.5) is 0 Å². The van der Waals surface area contributed by atoms with Crippen molar-refractivity contribution in [3.05, 3.63) is 75.1 Å². The van der Waals surface area contributed by atoms with Gasteiger partial charge in [-0.15, -0.1) is 0 Å². The Labute approximate surface area is 165 Å². The summed E-state index contributed by atoms with van der Waals surface area (Å²) in [6.07, 6.45) is 0.00430. The molecule has 27 heavy (non-hydrogen) atoms. The number of carbonyl (C=O) groups is 1. The zero-order valence-corrected chi connectivity index (χ0v) is 15.9. The van der Waals surface area contributed by atoms with Crippen LogP contribution in [0.3, 0.4) is 0 Å². The summed E-state index contributed by atoms with van der Waals surface area (Å²) in [5.74, 6) is 0.0371. The van der Waals surface area contributed by atoms with Gasteiger partial charge in [0.05, 0.1) is 28.4 Å². The normalized spacial score (nSPS) is 15.5. The molecular formula is C20H15Cl2N3O2. The number of hydrogen-bond donors (Lipinski definition) is 1. The van der Waals surface area contributed by atoms with E-state index in [4.69, 9.17) is 38.5 Å². The van der Waals surface area contributed by atoms with Crippen LogP contribution in [0.1, 0.15) is 35.0 Å². The summed E-state index contributed by atoms with van der Waals surface area (Å²) in [4.78, 5) is 16.5. The number of rotatable bonds is 3. The van der Waals surface area contributed by atoms with Crippen molar-refractivity contribution in [1.29, 1.82) is 0 Å². The Morgan fingerprint density at radius 3 is 2.59 bits per heavy atom. The Morgan fingerprint density at radius 2 is 1.89 bits per heavy atom. The van der Waals surface area contributed by atoms with Crippen molar-refractivity contribution in [2.45, 2.75) is 19.4 Å². The van der Waals surface area contributed by atoms with Crippen molar-refractivity contribution < 1.29 is 9.32 Å². The van der Waals surface area contributed by atoms with Crippen LogP contribution >= 0.6 is 23.2 Å². The average molecular weight is 400 g/mol. The molecule has 0 saturated heterocycles. The maximum Gasteiger partial charge on any atom is 0.220 e. The fourth-order valence-electron chi connectivity index (χ4n) is 3.35. The molecule has 0 spiro atoms. The summed E-state index contributed by atoms with van der Waals surface area (Å²) in [5.41, 5.74) is 10.1. The smallest absolute Gasteiger partial charge is 0.220 e. The highest BCUT2D eigenvalue weighted by atomic mass is 35.5. The quantitative estimate of drug-likeness (QED) is 0.691. The Bertz CT molecular complexity index is 1070. The van der Waals surface area contributed by atoms with Gasteiger partial charge in [0.1, 0.15) is 6.04 Å². The third kappa shape index (κ3) is 3.13. The van der Waals surface area contributed by atoms with E-state index < -0.39 is 11.9 Å². The number of amides is 1. The predicted octanol–water partition coefficient (Wildman–Crippen LogP) is 4.72. The molecule has 1 amide bonds. The van der Waals surface area contributed by atoms with Crippen LogP contribution in [-0.4, -0.2) is 16.8 Å². The Balaban J connectivity index is 2.04. The van der Waals surface area contributed by atoms with E-state index in [9.17, 15) is 4.79 Å². The second kappa shape index (κ2) is 6.83. The molecule has 0 unspecified atom stereocenters. The van der Waals surface area contributed by atoms with E-state index in [1.54, 1.807) is 12.1 Å². The summed E-state index contributed by atoms with van der Waals surface area (Å²) >= 11 is 12.6. The minimum absolute atomic E-state index is 0.00430.